The molecule has 3 nitrogen and oxygen atoms in total. The molecule has 2 aliphatic heterocycles. The van der Waals surface area contributed by atoms with Crippen LogP contribution in [0.4, 0.5) is 0 Å². The van der Waals surface area contributed by atoms with Crippen molar-refractivity contribution in [1.29, 1.82) is 0 Å². The van der Waals surface area contributed by atoms with Crippen molar-refractivity contribution in [3.05, 3.63) is 0 Å². The van der Waals surface area contributed by atoms with Crippen LogP contribution >= 0.6 is 12.4 Å². The third-order valence-electron chi connectivity index (χ3n) is 2.83. The Labute approximate surface area is 78.9 Å². The fourth-order valence-corrected chi connectivity index (χ4v) is 2.11. The molecule has 0 bridgehead atoms. The molecule has 0 aromatic carbocycles. The molecule has 1 amide bonds. The van der Waals surface area contributed by atoms with Crippen molar-refractivity contribution in [3.8, 4) is 0 Å². The molecule has 2 aliphatic rings. The molecule has 12 heavy (non-hydrogen) atoms. The maximum Gasteiger partial charge on any atom is 0.219 e. The van der Waals surface area contributed by atoms with E-state index in [1.807, 2.05) is 4.90 Å². The fraction of sp³-hybridized carbons (Fsp3) is 0.875. The molecule has 2 fully saturated rings. The van der Waals surface area contributed by atoms with Crippen LogP contribution in [0.1, 0.15) is 6.92 Å². The normalized spacial score (nSPS) is 32.9. The highest BCUT2D eigenvalue weighted by molar-refractivity contribution is 5.85. The summed E-state index contributed by atoms with van der Waals surface area (Å²) in [5, 5.41) is 3.35. The maximum atomic E-state index is 11.0. The second kappa shape index (κ2) is 3.62. The molecule has 2 atom stereocenters. The fourth-order valence-electron chi connectivity index (χ4n) is 2.11. The van der Waals surface area contributed by atoms with E-state index in [-0.39, 0.29) is 18.3 Å². The van der Waals surface area contributed by atoms with Crippen molar-refractivity contribution >= 4 is 18.3 Å². The van der Waals surface area contributed by atoms with Gasteiger partial charge in [-0.05, 0) is 11.8 Å². The van der Waals surface area contributed by atoms with Gasteiger partial charge in [-0.25, -0.2) is 0 Å². The van der Waals surface area contributed by atoms with Crippen molar-refractivity contribution in [2.75, 3.05) is 26.2 Å². The first-order valence-corrected chi connectivity index (χ1v) is 4.23. The minimum Gasteiger partial charge on any atom is -0.342 e. The zero-order valence-electron chi connectivity index (χ0n) is 7.25. The van der Waals surface area contributed by atoms with E-state index in [2.05, 4.69) is 5.32 Å². The van der Waals surface area contributed by atoms with Crippen molar-refractivity contribution in [2.45, 2.75) is 6.92 Å². The number of hydrogen-bond acceptors (Lipinski definition) is 2. The van der Waals surface area contributed by atoms with Gasteiger partial charge in [-0.2, -0.15) is 0 Å². The number of carbonyl (C=O) groups is 1. The molecule has 2 unspecified atom stereocenters. The summed E-state index contributed by atoms with van der Waals surface area (Å²) < 4.78 is 0. The first kappa shape index (κ1) is 9.81. The number of halogens is 1. The summed E-state index contributed by atoms with van der Waals surface area (Å²) >= 11 is 0. The number of nitrogens with one attached hydrogen (secondary N) is 1. The molecule has 1 N–H and O–H groups in total. The summed E-state index contributed by atoms with van der Waals surface area (Å²) in [5.41, 5.74) is 0. The van der Waals surface area contributed by atoms with E-state index < -0.39 is 0 Å². The Bertz CT molecular complexity index is 174. The number of hydrogen-bond donors (Lipinski definition) is 1. The predicted molar refractivity (Wildman–Crippen MR) is 49.4 cm³/mol. The van der Waals surface area contributed by atoms with Gasteiger partial charge in [0.15, 0.2) is 0 Å². The summed E-state index contributed by atoms with van der Waals surface area (Å²) in [6.45, 7) is 5.83. The Morgan fingerprint density at radius 2 is 1.83 bits per heavy atom. The lowest BCUT2D eigenvalue weighted by Gasteiger charge is -2.13. The highest BCUT2D eigenvalue weighted by atomic mass is 35.5. The molecule has 0 radical (unpaired) electrons. The second-order valence-corrected chi connectivity index (χ2v) is 3.60. The molecule has 0 aromatic rings. The molecule has 0 aliphatic carbocycles. The SMILES string of the molecule is CC(=O)N1CC2CNCC2C1.Cl. The lowest BCUT2D eigenvalue weighted by molar-refractivity contribution is -0.128. The Balaban J connectivity index is 0.000000720. The predicted octanol–water partition coefficient (Wildman–Crippen LogP) is 0.106. The molecule has 0 saturated carbocycles. The van der Waals surface area contributed by atoms with Gasteiger partial charge in [0.25, 0.3) is 0 Å². The van der Waals surface area contributed by atoms with E-state index in [4.69, 9.17) is 0 Å². The molecule has 0 spiro atoms. The van der Waals surface area contributed by atoms with Gasteiger partial charge in [0, 0.05) is 33.1 Å². The minimum absolute atomic E-state index is 0. The average molecular weight is 191 g/mol. The van der Waals surface area contributed by atoms with Crippen LogP contribution in [0, 0.1) is 11.8 Å². The molecular formula is C8H15ClN2O. The van der Waals surface area contributed by atoms with Gasteiger partial charge < -0.3 is 10.2 Å². The summed E-state index contributed by atoms with van der Waals surface area (Å²) in [6, 6.07) is 0. The molecule has 70 valence electrons. The van der Waals surface area contributed by atoms with E-state index in [9.17, 15) is 4.79 Å². The largest absolute Gasteiger partial charge is 0.342 e. The monoisotopic (exact) mass is 190 g/mol. The minimum atomic E-state index is 0. The third kappa shape index (κ3) is 1.57. The number of carbonyl (C=O) groups excluding carboxylic acids is 1. The Morgan fingerprint density at radius 3 is 2.25 bits per heavy atom. The summed E-state index contributed by atoms with van der Waals surface area (Å²) in [4.78, 5) is 13.0. The lowest BCUT2D eigenvalue weighted by atomic mass is 10.0. The molecule has 4 heteroatoms. The summed E-state index contributed by atoms with van der Waals surface area (Å²) in [7, 11) is 0. The van der Waals surface area contributed by atoms with Crippen LogP contribution in [0.2, 0.25) is 0 Å². The van der Waals surface area contributed by atoms with Gasteiger partial charge in [0.1, 0.15) is 0 Å². The maximum absolute atomic E-state index is 11.0. The van der Waals surface area contributed by atoms with Crippen LogP contribution < -0.4 is 5.32 Å². The number of likely N-dealkylation sites (tertiary alicyclic amines) is 1. The van der Waals surface area contributed by atoms with Crippen LogP contribution in [0.5, 0.6) is 0 Å². The Kier molecular flexibility index (Phi) is 2.96. The van der Waals surface area contributed by atoms with Gasteiger partial charge in [0.2, 0.25) is 5.91 Å². The van der Waals surface area contributed by atoms with E-state index in [1.54, 1.807) is 6.92 Å². The number of fused-ring (bicyclic) bond motifs is 1. The van der Waals surface area contributed by atoms with E-state index in [0.29, 0.717) is 0 Å². The zero-order chi connectivity index (χ0) is 7.84. The zero-order valence-corrected chi connectivity index (χ0v) is 8.06. The Morgan fingerprint density at radius 1 is 1.33 bits per heavy atom. The highest BCUT2D eigenvalue weighted by Crippen LogP contribution is 2.25. The molecule has 2 rings (SSSR count). The van der Waals surface area contributed by atoms with Crippen LogP contribution in [0.3, 0.4) is 0 Å². The number of amides is 1. The highest BCUT2D eigenvalue weighted by Gasteiger charge is 2.36. The third-order valence-corrected chi connectivity index (χ3v) is 2.83. The molecule has 2 heterocycles. The van der Waals surface area contributed by atoms with Crippen LogP contribution in [0.15, 0.2) is 0 Å². The summed E-state index contributed by atoms with van der Waals surface area (Å²) in [6.07, 6.45) is 0. The van der Waals surface area contributed by atoms with Crippen molar-refractivity contribution in [1.82, 2.24) is 10.2 Å². The lowest BCUT2D eigenvalue weighted by Crippen LogP contribution is -2.29. The number of nitrogens with zero attached hydrogens (tertiary/aromatic N) is 1. The van der Waals surface area contributed by atoms with Crippen molar-refractivity contribution in [3.63, 3.8) is 0 Å². The van der Waals surface area contributed by atoms with Crippen LogP contribution in [-0.4, -0.2) is 37.0 Å². The molecular weight excluding hydrogens is 176 g/mol. The molecule has 2 saturated heterocycles. The van der Waals surface area contributed by atoms with Crippen LogP contribution in [0.25, 0.3) is 0 Å². The van der Waals surface area contributed by atoms with E-state index in [0.717, 1.165) is 38.0 Å². The average Bonchev–Trinajstić information content (AvgIpc) is 2.40. The van der Waals surface area contributed by atoms with E-state index >= 15 is 0 Å². The first-order chi connectivity index (χ1) is 5.27. The van der Waals surface area contributed by atoms with Gasteiger partial charge in [0.05, 0.1) is 0 Å². The van der Waals surface area contributed by atoms with Crippen molar-refractivity contribution < 1.29 is 4.79 Å². The first-order valence-electron chi connectivity index (χ1n) is 4.23. The van der Waals surface area contributed by atoms with Gasteiger partial charge in [-0.15, -0.1) is 12.4 Å². The molecule has 0 aromatic heterocycles. The van der Waals surface area contributed by atoms with Gasteiger partial charge in [-0.1, -0.05) is 0 Å². The Hall–Kier alpha value is -0.280. The standard InChI is InChI=1S/C8H14N2O.ClH/c1-6(11)10-4-7-2-9-3-8(7)5-10;/h7-9H,2-5H2,1H3;1H. The van der Waals surface area contributed by atoms with Gasteiger partial charge >= 0.3 is 0 Å². The van der Waals surface area contributed by atoms with Crippen LogP contribution in [-0.2, 0) is 4.79 Å². The van der Waals surface area contributed by atoms with Crippen molar-refractivity contribution in [2.24, 2.45) is 11.8 Å². The second-order valence-electron chi connectivity index (χ2n) is 3.60. The number of rotatable bonds is 0. The topological polar surface area (TPSA) is 32.3 Å². The quantitative estimate of drug-likeness (QED) is 0.588. The smallest absolute Gasteiger partial charge is 0.219 e. The van der Waals surface area contributed by atoms with E-state index in [1.165, 1.54) is 0 Å². The van der Waals surface area contributed by atoms with Gasteiger partial charge in [-0.3, -0.25) is 4.79 Å². The summed E-state index contributed by atoms with van der Waals surface area (Å²) in [5.74, 6) is 1.71.